The van der Waals surface area contributed by atoms with Gasteiger partial charge in [-0.1, -0.05) is 48.0 Å². The van der Waals surface area contributed by atoms with Crippen molar-refractivity contribution in [1.29, 1.82) is 0 Å². The van der Waals surface area contributed by atoms with Gasteiger partial charge in [0.15, 0.2) is 0 Å². The molecular weight excluding hydrogens is 256 g/mol. The van der Waals surface area contributed by atoms with Crippen LogP contribution < -0.4 is 4.90 Å². The highest BCUT2D eigenvalue weighted by atomic mass is 15.2. The van der Waals surface area contributed by atoms with Gasteiger partial charge < -0.3 is 4.90 Å². The number of rotatable bonds is 2. The van der Waals surface area contributed by atoms with E-state index in [-0.39, 0.29) is 0 Å². The summed E-state index contributed by atoms with van der Waals surface area (Å²) in [6.45, 7) is 4.09. The minimum atomic E-state index is 0.923. The van der Waals surface area contributed by atoms with E-state index in [4.69, 9.17) is 4.99 Å². The first-order chi connectivity index (χ1) is 10.3. The van der Waals surface area contributed by atoms with E-state index in [9.17, 15) is 0 Å². The molecular formula is C19H22N2. The molecule has 1 aliphatic rings. The van der Waals surface area contributed by atoms with Crippen LogP contribution in [0.15, 0.2) is 59.6 Å². The van der Waals surface area contributed by atoms with Crippen LogP contribution in [0.2, 0.25) is 0 Å². The van der Waals surface area contributed by atoms with Crippen LogP contribution in [-0.4, -0.2) is 18.9 Å². The van der Waals surface area contributed by atoms with Crippen LogP contribution in [0.4, 0.5) is 5.69 Å². The van der Waals surface area contributed by atoms with Gasteiger partial charge in [0.25, 0.3) is 0 Å². The zero-order valence-electron chi connectivity index (χ0n) is 12.6. The van der Waals surface area contributed by atoms with Crippen LogP contribution in [-0.2, 0) is 0 Å². The third kappa shape index (κ3) is 3.33. The van der Waals surface area contributed by atoms with Gasteiger partial charge in [-0.15, -0.1) is 0 Å². The summed E-state index contributed by atoms with van der Waals surface area (Å²) in [5, 5.41) is 0. The SMILES string of the molecule is Cc1ccc(N2CCCCCN=C2c2ccccc2)cc1. The lowest BCUT2D eigenvalue weighted by atomic mass is 10.1. The summed E-state index contributed by atoms with van der Waals surface area (Å²) in [4.78, 5) is 7.25. The number of benzene rings is 2. The Hall–Kier alpha value is -2.09. The fourth-order valence-electron chi connectivity index (χ4n) is 2.75. The molecule has 0 saturated carbocycles. The van der Waals surface area contributed by atoms with Gasteiger partial charge >= 0.3 is 0 Å². The van der Waals surface area contributed by atoms with Crippen molar-refractivity contribution in [3.63, 3.8) is 0 Å². The molecule has 2 nitrogen and oxygen atoms in total. The van der Waals surface area contributed by atoms with Crippen molar-refractivity contribution < 1.29 is 0 Å². The van der Waals surface area contributed by atoms with E-state index >= 15 is 0 Å². The van der Waals surface area contributed by atoms with Gasteiger partial charge in [-0.3, -0.25) is 4.99 Å². The molecule has 0 N–H and O–H groups in total. The van der Waals surface area contributed by atoms with E-state index in [1.807, 2.05) is 0 Å². The number of anilines is 1. The minimum Gasteiger partial charge on any atom is -0.326 e. The Bertz CT molecular complexity index is 599. The van der Waals surface area contributed by atoms with Crippen molar-refractivity contribution >= 4 is 11.5 Å². The third-order valence-electron chi connectivity index (χ3n) is 3.93. The van der Waals surface area contributed by atoms with Gasteiger partial charge in [-0.25, -0.2) is 0 Å². The number of amidine groups is 1. The first kappa shape index (κ1) is 13.9. The van der Waals surface area contributed by atoms with Crippen molar-refractivity contribution in [3.8, 4) is 0 Å². The molecule has 2 heteroatoms. The van der Waals surface area contributed by atoms with E-state index in [1.165, 1.54) is 36.1 Å². The summed E-state index contributed by atoms with van der Waals surface area (Å²) in [6, 6.07) is 19.3. The van der Waals surface area contributed by atoms with Crippen molar-refractivity contribution in [2.24, 2.45) is 4.99 Å². The second-order valence-corrected chi connectivity index (χ2v) is 5.62. The van der Waals surface area contributed by atoms with Crippen molar-refractivity contribution in [3.05, 3.63) is 65.7 Å². The normalized spacial score (nSPS) is 16.0. The van der Waals surface area contributed by atoms with Crippen LogP contribution in [0.3, 0.4) is 0 Å². The molecule has 1 aliphatic heterocycles. The molecule has 21 heavy (non-hydrogen) atoms. The largest absolute Gasteiger partial charge is 0.326 e. The monoisotopic (exact) mass is 278 g/mol. The smallest absolute Gasteiger partial charge is 0.135 e. The number of hydrogen-bond acceptors (Lipinski definition) is 2. The molecule has 108 valence electrons. The summed E-state index contributed by atoms with van der Waals surface area (Å²) in [7, 11) is 0. The molecule has 1 heterocycles. The second-order valence-electron chi connectivity index (χ2n) is 5.62. The van der Waals surface area contributed by atoms with E-state index < -0.39 is 0 Å². The summed E-state index contributed by atoms with van der Waals surface area (Å²) in [5.41, 5.74) is 3.74. The highest BCUT2D eigenvalue weighted by Crippen LogP contribution is 2.21. The van der Waals surface area contributed by atoms with Gasteiger partial charge in [0.1, 0.15) is 5.84 Å². The van der Waals surface area contributed by atoms with E-state index in [2.05, 4.69) is 66.4 Å². The predicted molar refractivity (Wildman–Crippen MR) is 90.2 cm³/mol. The lowest BCUT2D eigenvalue weighted by Gasteiger charge is -2.28. The molecule has 0 unspecified atom stereocenters. The quantitative estimate of drug-likeness (QED) is 0.793. The molecule has 0 radical (unpaired) electrons. The lowest BCUT2D eigenvalue weighted by molar-refractivity contribution is 0.676. The van der Waals surface area contributed by atoms with Gasteiger partial charge in [-0.05, 0) is 38.3 Å². The standard InChI is InChI=1S/C19H22N2/c1-16-10-12-18(13-11-16)21-15-7-3-6-14-20-19(21)17-8-4-2-5-9-17/h2,4-5,8-13H,3,6-7,14-15H2,1H3. The molecule has 0 bridgehead atoms. The van der Waals surface area contributed by atoms with Crippen LogP contribution in [0, 0.1) is 6.92 Å². The van der Waals surface area contributed by atoms with E-state index in [0.29, 0.717) is 0 Å². The molecule has 0 aromatic heterocycles. The molecule has 0 aliphatic carbocycles. The fraction of sp³-hybridized carbons (Fsp3) is 0.316. The molecule has 0 atom stereocenters. The molecule has 0 saturated heterocycles. The van der Waals surface area contributed by atoms with Gasteiger partial charge in [0.2, 0.25) is 0 Å². The number of aryl methyl sites for hydroxylation is 1. The summed E-state index contributed by atoms with van der Waals surface area (Å²) < 4.78 is 0. The Morgan fingerprint density at radius 3 is 2.38 bits per heavy atom. The summed E-state index contributed by atoms with van der Waals surface area (Å²) >= 11 is 0. The zero-order chi connectivity index (χ0) is 14.5. The average molecular weight is 278 g/mol. The molecule has 0 spiro atoms. The Kier molecular flexibility index (Phi) is 4.34. The Labute approximate surface area is 127 Å². The molecule has 0 fully saturated rings. The zero-order valence-corrected chi connectivity index (χ0v) is 12.6. The summed E-state index contributed by atoms with van der Waals surface area (Å²) in [6.07, 6.45) is 3.67. The third-order valence-corrected chi connectivity index (χ3v) is 3.93. The van der Waals surface area contributed by atoms with Crippen LogP contribution in [0.1, 0.15) is 30.4 Å². The fourth-order valence-corrected chi connectivity index (χ4v) is 2.75. The van der Waals surface area contributed by atoms with Crippen LogP contribution in [0.25, 0.3) is 0 Å². The maximum Gasteiger partial charge on any atom is 0.135 e. The number of hydrogen-bond donors (Lipinski definition) is 0. The Morgan fingerprint density at radius 1 is 0.857 bits per heavy atom. The van der Waals surface area contributed by atoms with E-state index in [1.54, 1.807) is 0 Å². The number of nitrogens with zero attached hydrogens (tertiary/aromatic N) is 2. The number of aliphatic imine (C=N–C) groups is 1. The predicted octanol–water partition coefficient (Wildman–Crippen LogP) is 4.43. The molecule has 2 aromatic rings. The lowest BCUT2D eigenvalue weighted by Crippen LogP contribution is -2.34. The van der Waals surface area contributed by atoms with E-state index in [0.717, 1.165) is 18.9 Å². The van der Waals surface area contributed by atoms with Crippen molar-refractivity contribution in [2.75, 3.05) is 18.0 Å². The molecule has 2 aromatic carbocycles. The maximum absolute atomic E-state index is 4.88. The van der Waals surface area contributed by atoms with Crippen LogP contribution in [0.5, 0.6) is 0 Å². The topological polar surface area (TPSA) is 15.6 Å². The second kappa shape index (κ2) is 6.57. The minimum absolute atomic E-state index is 0.923. The van der Waals surface area contributed by atoms with Crippen LogP contribution >= 0.6 is 0 Å². The first-order valence-corrected chi connectivity index (χ1v) is 7.79. The van der Waals surface area contributed by atoms with Gasteiger partial charge in [0.05, 0.1) is 0 Å². The van der Waals surface area contributed by atoms with Gasteiger partial charge in [-0.2, -0.15) is 0 Å². The van der Waals surface area contributed by atoms with Crippen molar-refractivity contribution in [2.45, 2.75) is 26.2 Å². The maximum atomic E-state index is 4.88. The highest BCUT2D eigenvalue weighted by Gasteiger charge is 2.16. The van der Waals surface area contributed by atoms with Gasteiger partial charge in [0, 0.05) is 24.3 Å². The Morgan fingerprint density at radius 2 is 1.62 bits per heavy atom. The Balaban J connectivity index is 2.00. The molecule has 0 amide bonds. The first-order valence-electron chi connectivity index (χ1n) is 7.79. The average Bonchev–Trinajstić information content (AvgIpc) is 2.49. The summed E-state index contributed by atoms with van der Waals surface area (Å²) in [5.74, 6) is 1.11. The van der Waals surface area contributed by atoms with Crippen molar-refractivity contribution in [1.82, 2.24) is 0 Å². The molecule has 3 rings (SSSR count). The highest BCUT2D eigenvalue weighted by molar-refractivity contribution is 6.10.